The maximum absolute atomic E-state index is 11.5. The summed E-state index contributed by atoms with van der Waals surface area (Å²) < 4.78 is 4.81. The van der Waals surface area contributed by atoms with Gasteiger partial charge in [0, 0.05) is 7.05 Å². The molecule has 0 aromatic rings. The molecule has 0 aromatic carbocycles. The summed E-state index contributed by atoms with van der Waals surface area (Å²) >= 11 is 0. The molecule has 2 N–H and O–H groups in total. The lowest BCUT2D eigenvalue weighted by Crippen LogP contribution is -2.45. The fourth-order valence-corrected chi connectivity index (χ4v) is 1.35. The van der Waals surface area contributed by atoms with Crippen molar-refractivity contribution in [3.63, 3.8) is 0 Å². The molecule has 0 unspecified atom stereocenters. The van der Waals surface area contributed by atoms with Crippen LogP contribution in [0.1, 0.15) is 20.3 Å². The van der Waals surface area contributed by atoms with Crippen LogP contribution in [0.3, 0.4) is 0 Å². The van der Waals surface area contributed by atoms with E-state index in [9.17, 15) is 14.4 Å². The first-order chi connectivity index (χ1) is 8.53. The number of nitrogens with one attached hydrogen (secondary N) is 2. The van der Waals surface area contributed by atoms with Crippen molar-refractivity contribution in [2.75, 3.05) is 33.3 Å². The third kappa shape index (κ3) is 7.61. The van der Waals surface area contributed by atoms with E-state index in [1.807, 2.05) is 6.92 Å². The van der Waals surface area contributed by atoms with E-state index in [0.717, 1.165) is 6.42 Å². The van der Waals surface area contributed by atoms with Crippen molar-refractivity contribution < 1.29 is 19.1 Å². The number of hydrogen-bond donors (Lipinski definition) is 2. The Bertz CT molecular complexity index is 294. The molecule has 0 spiro atoms. The van der Waals surface area contributed by atoms with Crippen LogP contribution in [0.5, 0.6) is 0 Å². The van der Waals surface area contributed by atoms with Gasteiger partial charge in [-0.2, -0.15) is 0 Å². The van der Waals surface area contributed by atoms with Crippen molar-refractivity contribution in [2.45, 2.75) is 20.3 Å². The molecule has 7 nitrogen and oxygen atoms in total. The molecule has 3 amide bonds. The first kappa shape index (κ1) is 16.4. The van der Waals surface area contributed by atoms with Crippen LogP contribution in [0.4, 0.5) is 4.79 Å². The number of nitrogens with zero attached hydrogens (tertiary/aromatic N) is 1. The van der Waals surface area contributed by atoms with E-state index < -0.39 is 11.9 Å². The Balaban J connectivity index is 4.21. The predicted octanol–water partition coefficient (Wildman–Crippen LogP) is -0.283. The highest BCUT2D eigenvalue weighted by Crippen LogP contribution is 1.93. The summed E-state index contributed by atoms with van der Waals surface area (Å²) in [7, 11) is 1.42. The number of rotatable bonds is 7. The molecule has 0 atom stereocenters. The lowest BCUT2D eigenvalue weighted by Gasteiger charge is -2.19. The fourth-order valence-electron chi connectivity index (χ4n) is 1.35. The summed E-state index contributed by atoms with van der Waals surface area (Å²) in [4.78, 5) is 35.4. The molecule has 0 fully saturated rings. The first-order valence-corrected chi connectivity index (χ1v) is 5.93. The monoisotopic (exact) mass is 259 g/mol. The van der Waals surface area contributed by atoms with Crippen LogP contribution in [-0.2, 0) is 14.3 Å². The summed E-state index contributed by atoms with van der Waals surface area (Å²) in [5.41, 5.74) is 0. The van der Waals surface area contributed by atoms with Crippen LogP contribution in [0.25, 0.3) is 0 Å². The third-order valence-corrected chi connectivity index (χ3v) is 2.05. The number of hydrogen-bond acceptors (Lipinski definition) is 5. The van der Waals surface area contributed by atoms with E-state index in [0.29, 0.717) is 13.2 Å². The summed E-state index contributed by atoms with van der Waals surface area (Å²) in [6.45, 7) is 4.58. The lowest BCUT2D eigenvalue weighted by molar-refractivity contribution is -0.144. The van der Waals surface area contributed by atoms with E-state index >= 15 is 0 Å². The second-order valence-electron chi connectivity index (χ2n) is 3.64. The van der Waals surface area contributed by atoms with Crippen molar-refractivity contribution in [1.82, 2.24) is 15.5 Å². The van der Waals surface area contributed by atoms with Gasteiger partial charge in [0.25, 0.3) is 0 Å². The predicted molar refractivity (Wildman–Crippen MR) is 66.0 cm³/mol. The number of urea groups is 1. The third-order valence-electron chi connectivity index (χ3n) is 2.05. The molecule has 0 radical (unpaired) electrons. The molecular formula is C11H21N3O4. The Morgan fingerprint density at radius 3 is 2.33 bits per heavy atom. The Morgan fingerprint density at radius 2 is 1.83 bits per heavy atom. The van der Waals surface area contributed by atoms with Gasteiger partial charge in [-0.3, -0.25) is 19.8 Å². The van der Waals surface area contributed by atoms with Crippen molar-refractivity contribution >= 4 is 17.9 Å². The van der Waals surface area contributed by atoms with Gasteiger partial charge in [0.05, 0.1) is 19.7 Å². The topological polar surface area (TPSA) is 87.7 Å². The van der Waals surface area contributed by atoms with Crippen LogP contribution in [0.15, 0.2) is 0 Å². The standard InChI is InChI=1S/C11H21N3O4/c1-4-6-14(8-10(16)18-5-2)7-9(15)13-11(17)12-3/h4-8H2,1-3H3,(H2,12,13,15,17). The van der Waals surface area contributed by atoms with Gasteiger partial charge in [0.1, 0.15) is 0 Å². The Kier molecular flexibility index (Phi) is 8.55. The van der Waals surface area contributed by atoms with E-state index in [1.165, 1.54) is 7.05 Å². The zero-order valence-electron chi connectivity index (χ0n) is 11.1. The minimum atomic E-state index is -0.562. The Morgan fingerprint density at radius 1 is 1.17 bits per heavy atom. The van der Waals surface area contributed by atoms with Gasteiger partial charge in [0.2, 0.25) is 5.91 Å². The molecule has 0 bridgehead atoms. The van der Waals surface area contributed by atoms with Crippen LogP contribution < -0.4 is 10.6 Å². The molecule has 0 aliphatic rings. The molecule has 0 aliphatic heterocycles. The van der Waals surface area contributed by atoms with Crippen molar-refractivity contribution in [3.05, 3.63) is 0 Å². The van der Waals surface area contributed by atoms with Crippen LogP contribution >= 0.6 is 0 Å². The zero-order chi connectivity index (χ0) is 14.0. The lowest BCUT2D eigenvalue weighted by atomic mass is 10.4. The first-order valence-electron chi connectivity index (χ1n) is 5.93. The molecule has 0 saturated heterocycles. The smallest absolute Gasteiger partial charge is 0.321 e. The molecule has 0 aromatic heterocycles. The second-order valence-corrected chi connectivity index (χ2v) is 3.64. The van der Waals surface area contributed by atoms with Gasteiger partial charge < -0.3 is 10.1 Å². The fraction of sp³-hybridized carbons (Fsp3) is 0.727. The van der Waals surface area contributed by atoms with Gasteiger partial charge in [0.15, 0.2) is 0 Å². The van der Waals surface area contributed by atoms with Crippen molar-refractivity contribution in [1.29, 1.82) is 0 Å². The van der Waals surface area contributed by atoms with E-state index in [-0.39, 0.29) is 19.1 Å². The number of carbonyl (C=O) groups excluding carboxylic acids is 3. The molecule has 18 heavy (non-hydrogen) atoms. The van der Waals surface area contributed by atoms with Crippen LogP contribution in [-0.4, -0.2) is 56.1 Å². The quantitative estimate of drug-likeness (QED) is 0.614. The van der Waals surface area contributed by atoms with Gasteiger partial charge in [-0.15, -0.1) is 0 Å². The van der Waals surface area contributed by atoms with E-state index in [4.69, 9.17) is 4.74 Å². The Hall–Kier alpha value is -1.63. The summed E-state index contributed by atoms with van der Waals surface area (Å²) in [5, 5.41) is 4.42. The summed E-state index contributed by atoms with van der Waals surface area (Å²) in [5.74, 6) is -0.828. The normalized spacial score (nSPS) is 10.0. The molecular weight excluding hydrogens is 238 g/mol. The zero-order valence-corrected chi connectivity index (χ0v) is 11.1. The van der Waals surface area contributed by atoms with Crippen molar-refractivity contribution in [3.8, 4) is 0 Å². The molecule has 104 valence electrons. The summed E-state index contributed by atoms with van der Waals surface area (Å²) in [6.07, 6.45) is 0.798. The van der Waals surface area contributed by atoms with Gasteiger partial charge in [-0.25, -0.2) is 4.79 Å². The summed E-state index contributed by atoms with van der Waals surface area (Å²) in [6, 6.07) is -0.562. The average Bonchev–Trinajstić information content (AvgIpc) is 2.29. The largest absolute Gasteiger partial charge is 0.465 e. The minimum absolute atomic E-state index is 0.0138. The van der Waals surface area contributed by atoms with Gasteiger partial charge in [-0.05, 0) is 19.9 Å². The number of amides is 3. The van der Waals surface area contributed by atoms with E-state index in [2.05, 4.69) is 10.6 Å². The van der Waals surface area contributed by atoms with E-state index in [1.54, 1.807) is 11.8 Å². The highest BCUT2D eigenvalue weighted by Gasteiger charge is 2.15. The maximum Gasteiger partial charge on any atom is 0.321 e. The average molecular weight is 259 g/mol. The number of carbonyl (C=O) groups is 3. The van der Waals surface area contributed by atoms with Gasteiger partial charge >= 0.3 is 12.0 Å². The number of imide groups is 1. The molecule has 7 heteroatoms. The number of esters is 1. The molecule has 0 rings (SSSR count). The SMILES string of the molecule is CCCN(CC(=O)NC(=O)NC)CC(=O)OCC. The highest BCUT2D eigenvalue weighted by molar-refractivity contribution is 5.95. The van der Waals surface area contributed by atoms with Gasteiger partial charge in [-0.1, -0.05) is 6.92 Å². The maximum atomic E-state index is 11.5. The molecule has 0 aliphatic carbocycles. The highest BCUT2D eigenvalue weighted by atomic mass is 16.5. The minimum Gasteiger partial charge on any atom is -0.465 e. The Labute approximate surface area is 107 Å². The van der Waals surface area contributed by atoms with Crippen molar-refractivity contribution in [2.24, 2.45) is 0 Å². The second kappa shape index (κ2) is 9.41. The van der Waals surface area contributed by atoms with Crippen LogP contribution in [0, 0.1) is 0 Å². The molecule has 0 saturated carbocycles. The molecule has 0 heterocycles. The number of ether oxygens (including phenoxy) is 1. The van der Waals surface area contributed by atoms with Crippen LogP contribution in [0.2, 0.25) is 0 Å².